The Morgan fingerprint density at radius 2 is 1.76 bits per heavy atom. The molecule has 2 aromatic rings. The van der Waals surface area contributed by atoms with Crippen molar-refractivity contribution in [3.05, 3.63) is 66.0 Å². The van der Waals surface area contributed by atoms with E-state index in [4.69, 9.17) is 0 Å². The molecular formula is C19H26N2. The summed E-state index contributed by atoms with van der Waals surface area (Å²) in [4.78, 5) is 4.46. The van der Waals surface area contributed by atoms with Crippen LogP contribution in [0.5, 0.6) is 0 Å². The largest absolute Gasteiger partial charge is 0.302 e. The predicted octanol–water partition coefficient (Wildman–Crippen LogP) is 5.05. The molecule has 1 N–H and O–H groups in total. The van der Waals surface area contributed by atoms with E-state index >= 15 is 0 Å². The second-order valence-electron chi connectivity index (χ2n) is 5.60. The minimum atomic E-state index is 0.262. The van der Waals surface area contributed by atoms with Gasteiger partial charge in [-0.15, -0.1) is 0 Å². The van der Waals surface area contributed by atoms with E-state index in [0.717, 1.165) is 5.69 Å². The van der Waals surface area contributed by atoms with E-state index in [9.17, 15) is 0 Å². The zero-order valence-electron chi connectivity index (χ0n) is 13.1. The summed E-state index contributed by atoms with van der Waals surface area (Å²) in [5, 5.41) is 3.75. The number of unbranched alkanes of at least 4 members (excludes halogenated alkanes) is 2. The average molecular weight is 282 g/mol. The van der Waals surface area contributed by atoms with E-state index < -0.39 is 0 Å². The first-order valence-electron chi connectivity index (χ1n) is 8.03. The molecule has 0 saturated heterocycles. The van der Waals surface area contributed by atoms with E-state index in [0.29, 0.717) is 6.04 Å². The quantitative estimate of drug-likeness (QED) is 0.685. The van der Waals surface area contributed by atoms with Gasteiger partial charge in [-0.3, -0.25) is 4.98 Å². The maximum absolute atomic E-state index is 4.46. The van der Waals surface area contributed by atoms with Crippen LogP contribution in [0.2, 0.25) is 0 Å². The fraction of sp³-hybridized carbons (Fsp3) is 0.421. The van der Waals surface area contributed by atoms with Gasteiger partial charge in [-0.2, -0.15) is 0 Å². The lowest BCUT2D eigenvalue weighted by atomic mass is 9.99. The summed E-state index contributed by atoms with van der Waals surface area (Å²) in [5.74, 6) is 0. The van der Waals surface area contributed by atoms with Crippen LogP contribution in [0.3, 0.4) is 0 Å². The normalized spacial score (nSPS) is 13.8. The predicted molar refractivity (Wildman–Crippen MR) is 89.1 cm³/mol. The molecule has 2 nitrogen and oxygen atoms in total. The molecule has 0 spiro atoms. The summed E-state index contributed by atoms with van der Waals surface area (Å²) < 4.78 is 0. The number of hydrogen-bond acceptors (Lipinski definition) is 2. The Balaban J connectivity index is 2.05. The van der Waals surface area contributed by atoms with Gasteiger partial charge in [0.1, 0.15) is 0 Å². The van der Waals surface area contributed by atoms with Crippen LogP contribution in [-0.2, 0) is 0 Å². The molecule has 0 radical (unpaired) electrons. The molecule has 0 aliphatic carbocycles. The molecular weight excluding hydrogens is 256 g/mol. The monoisotopic (exact) mass is 282 g/mol. The fourth-order valence-electron chi connectivity index (χ4n) is 2.65. The molecule has 112 valence electrons. The van der Waals surface area contributed by atoms with Gasteiger partial charge in [0, 0.05) is 18.3 Å². The molecule has 1 aromatic heterocycles. The van der Waals surface area contributed by atoms with Crippen molar-refractivity contribution in [3.8, 4) is 0 Å². The van der Waals surface area contributed by atoms with Crippen molar-refractivity contribution in [2.24, 2.45) is 0 Å². The third-order valence-electron chi connectivity index (χ3n) is 3.88. The third-order valence-corrected chi connectivity index (χ3v) is 3.88. The summed E-state index contributed by atoms with van der Waals surface area (Å²) in [6, 6.07) is 17.5. The van der Waals surface area contributed by atoms with E-state index in [-0.39, 0.29) is 6.04 Å². The van der Waals surface area contributed by atoms with Crippen LogP contribution in [0.15, 0.2) is 54.7 Å². The summed E-state index contributed by atoms with van der Waals surface area (Å²) in [5.41, 5.74) is 2.48. The molecule has 1 heterocycles. The van der Waals surface area contributed by atoms with Crippen molar-refractivity contribution < 1.29 is 0 Å². The van der Waals surface area contributed by atoms with E-state index in [1.165, 1.54) is 31.2 Å². The number of pyridine rings is 1. The molecule has 2 rings (SSSR count). The van der Waals surface area contributed by atoms with Crippen LogP contribution in [0.4, 0.5) is 0 Å². The molecule has 0 aliphatic rings. The molecule has 0 fully saturated rings. The number of hydrogen-bond donors (Lipinski definition) is 1. The number of rotatable bonds is 8. The van der Waals surface area contributed by atoms with Gasteiger partial charge < -0.3 is 5.32 Å². The van der Waals surface area contributed by atoms with Gasteiger partial charge in [0.05, 0.1) is 5.69 Å². The van der Waals surface area contributed by atoms with Gasteiger partial charge in [0.2, 0.25) is 0 Å². The lowest BCUT2D eigenvalue weighted by Crippen LogP contribution is -2.25. The van der Waals surface area contributed by atoms with Crippen molar-refractivity contribution in [1.82, 2.24) is 10.3 Å². The molecule has 0 bridgehead atoms. The minimum absolute atomic E-state index is 0.262. The van der Waals surface area contributed by atoms with Crippen LogP contribution in [-0.4, -0.2) is 4.98 Å². The van der Waals surface area contributed by atoms with Crippen LogP contribution in [0.25, 0.3) is 0 Å². The Labute approximate surface area is 128 Å². The van der Waals surface area contributed by atoms with Crippen molar-refractivity contribution in [2.45, 2.75) is 51.6 Å². The highest BCUT2D eigenvalue weighted by molar-refractivity contribution is 5.19. The highest BCUT2D eigenvalue weighted by Gasteiger charge is 2.15. The molecule has 0 aliphatic heterocycles. The molecule has 2 heteroatoms. The molecule has 0 saturated carbocycles. The van der Waals surface area contributed by atoms with Gasteiger partial charge in [-0.05, 0) is 31.0 Å². The van der Waals surface area contributed by atoms with Crippen LogP contribution in [0.1, 0.15) is 62.9 Å². The minimum Gasteiger partial charge on any atom is -0.302 e. The second-order valence-corrected chi connectivity index (χ2v) is 5.60. The number of nitrogens with one attached hydrogen (secondary N) is 1. The highest BCUT2D eigenvalue weighted by Crippen LogP contribution is 2.23. The van der Waals surface area contributed by atoms with Crippen molar-refractivity contribution in [3.63, 3.8) is 0 Å². The van der Waals surface area contributed by atoms with E-state index in [2.05, 4.69) is 66.6 Å². The van der Waals surface area contributed by atoms with Gasteiger partial charge >= 0.3 is 0 Å². The van der Waals surface area contributed by atoms with E-state index in [1.54, 1.807) is 0 Å². The fourth-order valence-corrected chi connectivity index (χ4v) is 2.65. The average Bonchev–Trinajstić information content (AvgIpc) is 2.55. The molecule has 1 unspecified atom stereocenters. The van der Waals surface area contributed by atoms with Gasteiger partial charge in [-0.1, -0.05) is 62.6 Å². The lowest BCUT2D eigenvalue weighted by molar-refractivity contribution is 0.422. The molecule has 1 aromatic carbocycles. The second kappa shape index (κ2) is 8.58. The Morgan fingerprint density at radius 1 is 1.00 bits per heavy atom. The van der Waals surface area contributed by atoms with Crippen molar-refractivity contribution in [2.75, 3.05) is 0 Å². The van der Waals surface area contributed by atoms with Crippen molar-refractivity contribution >= 4 is 0 Å². The summed E-state index contributed by atoms with van der Waals surface area (Å²) >= 11 is 0. The Kier molecular flexibility index (Phi) is 6.42. The zero-order chi connectivity index (χ0) is 14.9. The topological polar surface area (TPSA) is 24.9 Å². The zero-order valence-corrected chi connectivity index (χ0v) is 13.1. The van der Waals surface area contributed by atoms with Gasteiger partial charge in [0.15, 0.2) is 0 Å². The summed E-state index contributed by atoms with van der Waals surface area (Å²) in [7, 11) is 0. The van der Waals surface area contributed by atoms with Crippen molar-refractivity contribution in [1.29, 1.82) is 0 Å². The van der Waals surface area contributed by atoms with Crippen LogP contribution >= 0.6 is 0 Å². The van der Waals surface area contributed by atoms with Gasteiger partial charge in [-0.25, -0.2) is 0 Å². The third kappa shape index (κ3) is 4.98. The first-order valence-corrected chi connectivity index (χ1v) is 8.03. The van der Waals surface area contributed by atoms with Crippen LogP contribution in [0, 0.1) is 0 Å². The SMILES string of the molecule is CCCCCC(N[C@H](C)c1ccccn1)c1ccccc1. The first-order chi connectivity index (χ1) is 10.3. The van der Waals surface area contributed by atoms with Gasteiger partial charge in [0.25, 0.3) is 0 Å². The lowest BCUT2D eigenvalue weighted by Gasteiger charge is -2.23. The number of nitrogens with zero attached hydrogens (tertiary/aromatic N) is 1. The Hall–Kier alpha value is -1.67. The summed E-state index contributed by atoms with van der Waals surface area (Å²) in [6.45, 7) is 4.44. The Morgan fingerprint density at radius 3 is 2.43 bits per heavy atom. The maximum Gasteiger partial charge on any atom is 0.0570 e. The highest BCUT2D eigenvalue weighted by atomic mass is 15.0. The van der Waals surface area contributed by atoms with Crippen LogP contribution < -0.4 is 5.32 Å². The Bertz CT molecular complexity index is 495. The maximum atomic E-state index is 4.46. The molecule has 2 atom stereocenters. The smallest absolute Gasteiger partial charge is 0.0570 e. The van der Waals surface area contributed by atoms with E-state index in [1.807, 2.05) is 12.3 Å². The molecule has 0 amide bonds. The number of benzene rings is 1. The number of aromatic nitrogens is 1. The standard InChI is InChI=1S/C19H26N2/c1-3-4-6-14-19(17-11-7-5-8-12-17)21-16(2)18-13-9-10-15-20-18/h5,7-13,15-16,19,21H,3-4,6,14H2,1-2H3/t16-,19?/m1/s1. The molecule has 21 heavy (non-hydrogen) atoms. The summed E-state index contributed by atoms with van der Waals surface area (Å²) in [6.07, 6.45) is 6.86. The first kappa shape index (κ1) is 15.7.